The molecule has 2 fully saturated rings. The predicted octanol–water partition coefficient (Wildman–Crippen LogP) is 2.16. The Kier molecular flexibility index (Phi) is 16.2. The summed E-state index contributed by atoms with van der Waals surface area (Å²) in [6.07, 6.45) is 6.01. The topological polar surface area (TPSA) is 61.4 Å². The van der Waals surface area contributed by atoms with Gasteiger partial charge in [0, 0.05) is 59.0 Å². The second-order valence-corrected chi connectivity index (χ2v) is 7.73. The minimum atomic E-state index is 0. The van der Waals surface area contributed by atoms with Gasteiger partial charge in [-0.3, -0.25) is 4.99 Å². The highest BCUT2D eigenvalue weighted by Crippen LogP contribution is 2.11. The van der Waals surface area contributed by atoms with Gasteiger partial charge in [-0.25, -0.2) is 0 Å². The second-order valence-electron chi connectivity index (χ2n) is 7.73. The van der Waals surface area contributed by atoms with Crippen LogP contribution in [0.2, 0.25) is 0 Å². The van der Waals surface area contributed by atoms with Crippen molar-refractivity contribution in [2.45, 2.75) is 52.1 Å². The Labute approximate surface area is 195 Å². The van der Waals surface area contributed by atoms with E-state index in [0.29, 0.717) is 6.10 Å². The summed E-state index contributed by atoms with van der Waals surface area (Å²) in [5.74, 6) is 0.929. The molecule has 2 aliphatic heterocycles. The Hall–Kier alpha value is -0.160. The number of rotatable bonds is 13. The van der Waals surface area contributed by atoms with Crippen LogP contribution in [0.1, 0.15) is 46.0 Å². The summed E-state index contributed by atoms with van der Waals surface area (Å²) in [4.78, 5) is 9.79. The number of hydrogen-bond acceptors (Lipinski definition) is 5. The number of ether oxygens (including phenoxy) is 2. The van der Waals surface area contributed by atoms with Crippen molar-refractivity contribution >= 4 is 29.9 Å². The fraction of sp³-hybridized carbons (Fsp3) is 0.952. The molecule has 2 heterocycles. The molecular weight excluding hydrogens is 481 g/mol. The van der Waals surface area contributed by atoms with E-state index >= 15 is 0 Å². The molecule has 2 N–H and O–H groups in total. The van der Waals surface area contributed by atoms with Gasteiger partial charge < -0.3 is 29.9 Å². The highest BCUT2D eigenvalue weighted by molar-refractivity contribution is 14.0. The molecule has 0 aromatic carbocycles. The van der Waals surface area contributed by atoms with E-state index in [9.17, 15) is 0 Å². The van der Waals surface area contributed by atoms with E-state index < -0.39 is 0 Å². The third-order valence-electron chi connectivity index (χ3n) is 5.49. The van der Waals surface area contributed by atoms with Crippen LogP contribution in [0.3, 0.4) is 0 Å². The average Bonchev–Trinajstić information content (AvgIpc) is 3.24. The van der Waals surface area contributed by atoms with Gasteiger partial charge in [-0.2, -0.15) is 0 Å². The van der Waals surface area contributed by atoms with Gasteiger partial charge in [-0.15, -0.1) is 24.0 Å². The van der Waals surface area contributed by atoms with Crippen molar-refractivity contribution in [2.24, 2.45) is 4.99 Å². The Bertz CT molecular complexity index is 414. The molecule has 29 heavy (non-hydrogen) atoms. The number of likely N-dealkylation sites (N-methyl/N-ethyl adjacent to an activating group) is 1. The molecule has 2 aliphatic rings. The number of nitrogens with zero attached hydrogens (tertiary/aromatic N) is 3. The Balaban J connectivity index is 0.00000420. The maximum absolute atomic E-state index is 5.70. The number of aliphatic imine (C=N–C) groups is 1. The van der Waals surface area contributed by atoms with E-state index in [-0.39, 0.29) is 24.0 Å². The van der Waals surface area contributed by atoms with Gasteiger partial charge in [0.25, 0.3) is 0 Å². The van der Waals surface area contributed by atoms with Gasteiger partial charge >= 0.3 is 0 Å². The van der Waals surface area contributed by atoms with E-state index in [1.165, 1.54) is 58.5 Å². The Morgan fingerprint density at radius 2 is 1.86 bits per heavy atom. The molecule has 7 nitrogen and oxygen atoms in total. The number of nitrogens with one attached hydrogen (secondary N) is 2. The maximum Gasteiger partial charge on any atom is 0.191 e. The Morgan fingerprint density at radius 3 is 2.55 bits per heavy atom. The van der Waals surface area contributed by atoms with Crippen molar-refractivity contribution in [3.05, 3.63) is 0 Å². The van der Waals surface area contributed by atoms with Crippen LogP contribution in [-0.4, -0.2) is 101 Å². The average molecular weight is 526 g/mol. The summed E-state index contributed by atoms with van der Waals surface area (Å²) in [6.45, 7) is 16.7. The molecule has 0 saturated carbocycles. The zero-order valence-electron chi connectivity index (χ0n) is 18.7. The van der Waals surface area contributed by atoms with Gasteiger partial charge in [0.15, 0.2) is 5.96 Å². The number of unbranched alkanes of at least 4 members (excludes halogenated alkanes) is 1. The molecule has 1 atom stereocenters. The first-order chi connectivity index (χ1) is 13.8. The number of guanidine groups is 1. The Morgan fingerprint density at radius 1 is 1.07 bits per heavy atom. The van der Waals surface area contributed by atoms with Crippen molar-refractivity contribution in [1.82, 2.24) is 20.4 Å². The van der Waals surface area contributed by atoms with E-state index in [0.717, 1.165) is 58.3 Å². The quantitative estimate of drug-likeness (QED) is 0.166. The van der Waals surface area contributed by atoms with Gasteiger partial charge in [-0.1, -0.05) is 6.92 Å². The largest absolute Gasteiger partial charge is 0.379 e. The van der Waals surface area contributed by atoms with Crippen LogP contribution in [0, 0.1) is 0 Å². The van der Waals surface area contributed by atoms with E-state index in [1.54, 1.807) is 0 Å². The second kappa shape index (κ2) is 17.5. The number of hydrogen-bond donors (Lipinski definition) is 2. The van der Waals surface area contributed by atoms with Gasteiger partial charge in [0.1, 0.15) is 0 Å². The normalized spacial score (nSPS) is 21.2. The number of piperazine rings is 1. The predicted molar refractivity (Wildman–Crippen MR) is 132 cm³/mol. The maximum atomic E-state index is 5.70. The lowest BCUT2D eigenvalue weighted by Crippen LogP contribution is -2.46. The summed E-state index contributed by atoms with van der Waals surface area (Å²) < 4.78 is 11.3. The van der Waals surface area contributed by atoms with E-state index in [2.05, 4.69) is 39.3 Å². The molecule has 0 bridgehead atoms. The lowest BCUT2D eigenvalue weighted by Gasteiger charge is -2.34. The summed E-state index contributed by atoms with van der Waals surface area (Å²) >= 11 is 0. The van der Waals surface area contributed by atoms with Gasteiger partial charge in [0.2, 0.25) is 0 Å². The zero-order chi connectivity index (χ0) is 19.9. The molecule has 0 amide bonds. The molecule has 0 aromatic heterocycles. The molecule has 0 aliphatic carbocycles. The minimum Gasteiger partial charge on any atom is -0.379 e. The summed E-state index contributed by atoms with van der Waals surface area (Å²) in [5.41, 5.74) is 0. The molecule has 172 valence electrons. The third-order valence-corrected chi connectivity index (χ3v) is 5.49. The highest BCUT2D eigenvalue weighted by atomic mass is 127. The van der Waals surface area contributed by atoms with Crippen molar-refractivity contribution in [3.63, 3.8) is 0 Å². The standard InChI is InChI=1S/C21H43N5O2.HI/c1-3-22-21(24-11-8-17-27-19-20-9-7-18-28-20)23-10-5-6-12-26-15-13-25(4-2)14-16-26;/h20H,3-19H2,1-2H3,(H2,22,23,24);1H. The zero-order valence-corrected chi connectivity index (χ0v) is 21.0. The number of halogens is 1. The monoisotopic (exact) mass is 525 g/mol. The van der Waals surface area contributed by atoms with Crippen LogP contribution < -0.4 is 10.6 Å². The minimum absolute atomic E-state index is 0. The molecular formula is C21H44IN5O2. The molecule has 8 heteroatoms. The first-order valence-corrected chi connectivity index (χ1v) is 11.5. The highest BCUT2D eigenvalue weighted by Gasteiger charge is 2.15. The van der Waals surface area contributed by atoms with Gasteiger partial charge in [0.05, 0.1) is 12.7 Å². The molecule has 0 radical (unpaired) electrons. The van der Waals surface area contributed by atoms with Crippen molar-refractivity contribution in [3.8, 4) is 0 Å². The first-order valence-electron chi connectivity index (χ1n) is 11.5. The molecule has 2 saturated heterocycles. The molecule has 1 unspecified atom stereocenters. The summed E-state index contributed by atoms with van der Waals surface area (Å²) in [7, 11) is 0. The molecule has 0 aromatic rings. The van der Waals surface area contributed by atoms with Crippen LogP contribution in [0.25, 0.3) is 0 Å². The van der Waals surface area contributed by atoms with Crippen LogP contribution in [0.5, 0.6) is 0 Å². The summed E-state index contributed by atoms with van der Waals surface area (Å²) in [6, 6.07) is 0. The van der Waals surface area contributed by atoms with Crippen LogP contribution >= 0.6 is 24.0 Å². The lowest BCUT2D eigenvalue weighted by molar-refractivity contribution is 0.0171. The van der Waals surface area contributed by atoms with Crippen molar-refractivity contribution in [2.75, 3.05) is 78.7 Å². The SMILES string of the molecule is CCNC(=NCCCOCC1CCCO1)NCCCCN1CCN(CC)CC1.I. The summed E-state index contributed by atoms with van der Waals surface area (Å²) in [5, 5.41) is 6.79. The van der Waals surface area contributed by atoms with Crippen LogP contribution in [-0.2, 0) is 9.47 Å². The fourth-order valence-electron chi connectivity index (χ4n) is 3.69. The van der Waals surface area contributed by atoms with Gasteiger partial charge in [-0.05, 0) is 52.1 Å². The van der Waals surface area contributed by atoms with Crippen LogP contribution in [0.4, 0.5) is 0 Å². The lowest BCUT2D eigenvalue weighted by atomic mass is 10.2. The van der Waals surface area contributed by atoms with Crippen LogP contribution in [0.15, 0.2) is 4.99 Å². The molecule has 0 spiro atoms. The first kappa shape index (κ1) is 26.9. The fourth-order valence-corrected chi connectivity index (χ4v) is 3.69. The van der Waals surface area contributed by atoms with E-state index in [1.807, 2.05) is 0 Å². The smallest absolute Gasteiger partial charge is 0.191 e. The third kappa shape index (κ3) is 12.3. The van der Waals surface area contributed by atoms with Crippen molar-refractivity contribution < 1.29 is 9.47 Å². The molecule has 2 rings (SSSR count). The van der Waals surface area contributed by atoms with E-state index in [4.69, 9.17) is 9.47 Å². The van der Waals surface area contributed by atoms with Crippen molar-refractivity contribution in [1.29, 1.82) is 0 Å².